The highest BCUT2D eigenvalue weighted by Gasteiger charge is 2.46. The fourth-order valence-corrected chi connectivity index (χ4v) is 2.76. The summed E-state index contributed by atoms with van der Waals surface area (Å²) in [4.78, 5) is 11.1. The average Bonchev–Trinajstić information content (AvgIpc) is 2.16. The van der Waals surface area contributed by atoms with E-state index in [0.717, 1.165) is 12.8 Å². The lowest BCUT2D eigenvalue weighted by molar-refractivity contribution is -0.133. The molecule has 72 valence electrons. The average molecular weight is 187 g/mol. The Balaban J connectivity index is 2.07. The summed E-state index contributed by atoms with van der Waals surface area (Å²) in [7, 11) is 0. The summed E-state index contributed by atoms with van der Waals surface area (Å²) in [6.45, 7) is 0. The van der Waals surface area contributed by atoms with Gasteiger partial charge in [-0.15, -0.1) is 0 Å². The van der Waals surface area contributed by atoms with E-state index < -0.39 is 0 Å². The summed E-state index contributed by atoms with van der Waals surface area (Å²) < 4.78 is 0. The number of nitrogens with one attached hydrogen (secondary N) is 1. The standard InChI is InChI=1S/C12H13NO/c14-11-8-12(13-11)7-3-5-9-4-1-2-6-10(9)12/h1-2,4,6H,3,5,7-8H2,(H,13,14). The molecule has 0 bridgehead atoms. The fraction of sp³-hybridized carbons (Fsp3) is 0.417. The second-order valence-electron chi connectivity index (χ2n) is 4.32. The van der Waals surface area contributed by atoms with Crippen molar-refractivity contribution in [1.82, 2.24) is 5.32 Å². The van der Waals surface area contributed by atoms with Crippen LogP contribution >= 0.6 is 0 Å². The quantitative estimate of drug-likeness (QED) is 0.616. The van der Waals surface area contributed by atoms with Crippen LogP contribution in [0.25, 0.3) is 0 Å². The van der Waals surface area contributed by atoms with Gasteiger partial charge in [-0.05, 0) is 30.4 Å². The Labute approximate surface area is 83.3 Å². The molecule has 1 fully saturated rings. The lowest BCUT2D eigenvalue weighted by Gasteiger charge is -2.46. The van der Waals surface area contributed by atoms with Crippen LogP contribution in [-0.4, -0.2) is 5.91 Å². The van der Waals surface area contributed by atoms with Crippen LogP contribution in [0.15, 0.2) is 24.3 Å². The van der Waals surface area contributed by atoms with Gasteiger partial charge in [0.1, 0.15) is 0 Å². The van der Waals surface area contributed by atoms with Crippen molar-refractivity contribution in [2.75, 3.05) is 0 Å². The largest absolute Gasteiger partial charge is 0.346 e. The zero-order valence-corrected chi connectivity index (χ0v) is 8.05. The van der Waals surface area contributed by atoms with Gasteiger partial charge in [0, 0.05) is 0 Å². The molecular formula is C12H13NO. The lowest BCUT2D eigenvalue weighted by Crippen LogP contribution is -2.59. The highest BCUT2D eigenvalue weighted by Crippen LogP contribution is 2.42. The molecule has 2 aliphatic rings. The molecule has 2 heteroatoms. The molecule has 1 heterocycles. The minimum atomic E-state index is 0.00588. The van der Waals surface area contributed by atoms with E-state index in [0.29, 0.717) is 6.42 Å². The van der Waals surface area contributed by atoms with Gasteiger partial charge in [-0.3, -0.25) is 4.79 Å². The highest BCUT2D eigenvalue weighted by molar-refractivity contribution is 5.85. The van der Waals surface area contributed by atoms with E-state index in [1.807, 2.05) is 0 Å². The van der Waals surface area contributed by atoms with Gasteiger partial charge in [0.05, 0.1) is 12.0 Å². The topological polar surface area (TPSA) is 29.1 Å². The molecule has 2 nitrogen and oxygen atoms in total. The molecule has 0 saturated carbocycles. The number of carbonyl (C=O) groups is 1. The molecule has 1 atom stereocenters. The second kappa shape index (κ2) is 2.59. The Morgan fingerprint density at radius 2 is 2.07 bits per heavy atom. The first kappa shape index (κ1) is 8.04. The smallest absolute Gasteiger partial charge is 0.223 e. The van der Waals surface area contributed by atoms with Gasteiger partial charge in [0.15, 0.2) is 0 Å². The van der Waals surface area contributed by atoms with Crippen molar-refractivity contribution in [2.45, 2.75) is 31.2 Å². The number of β-lactam (4-membered cyclic amide) rings is 1. The van der Waals surface area contributed by atoms with Crippen LogP contribution in [0.5, 0.6) is 0 Å². The number of hydrogen-bond acceptors (Lipinski definition) is 1. The molecule has 1 amide bonds. The van der Waals surface area contributed by atoms with E-state index >= 15 is 0 Å². The van der Waals surface area contributed by atoms with Gasteiger partial charge in [0.25, 0.3) is 0 Å². The zero-order valence-electron chi connectivity index (χ0n) is 8.05. The van der Waals surface area contributed by atoms with Crippen LogP contribution in [0.1, 0.15) is 30.4 Å². The van der Waals surface area contributed by atoms with Gasteiger partial charge >= 0.3 is 0 Å². The normalized spacial score (nSPS) is 29.3. The molecule has 1 aliphatic carbocycles. The number of fused-ring (bicyclic) bond motifs is 2. The maximum Gasteiger partial charge on any atom is 0.223 e. The number of hydrogen-bond donors (Lipinski definition) is 1. The predicted octanol–water partition coefficient (Wildman–Crippen LogP) is 1.74. The van der Waals surface area contributed by atoms with Crippen molar-refractivity contribution >= 4 is 5.91 Å². The van der Waals surface area contributed by atoms with E-state index in [9.17, 15) is 4.79 Å². The van der Waals surface area contributed by atoms with Gasteiger partial charge in [0.2, 0.25) is 5.91 Å². The number of carbonyl (C=O) groups excluding carboxylic acids is 1. The van der Waals surface area contributed by atoms with Crippen LogP contribution in [0, 0.1) is 0 Å². The molecule has 14 heavy (non-hydrogen) atoms. The molecule has 1 spiro atoms. The molecule has 1 aromatic rings. The SMILES string of the molecule is O=C1CC2(CCCc3ccccc32)N1. The third kappa shape index (κ3) is 0.939. The predicted molar refractivity (Wildman–Crippen MR) is 53.8 cm³/mol. The molecule has 1 aromatic carbocycles. The van der Waals surface area contributed by atoms with Crippen LogP contribution in [-0.2, 0) is 16.8 Å². The number of rotatable bonds is 0. The third-order valence-corrected chi connectivity index (χ3v) is 3.42. The van der Waals surface area contributed by atoms with Crippen molar-refractivity contribution in [3.05, 3.63) is 35.4 Å². The first-order chi connectivity index (χ1) is 6.80. The molecule has 0 aromatic heterocycles. The van der Waals surface area contributed by atoms with Crippen LogP contribution in [0.3, 0.4) is 0 Å². The summed E-state index contributed by atoms with van der Waals surface area (Å²) in [6.07, 6.45) is 4.14. The molecule has 1 saturated heterocycles. The molecular weight excluding hydrogens is 174 g/mol. The first-order valence-corrected chi connectivity index (χ1v) is 5.20. The minimum Gasteiger partial charge on any atom is -0.346 e. The van der Waals surface area contributed by atoms with Crippen molar-refractivity contribution in [1.29, 1.82) is 0 Å². The molecule has 3 rings (SSSR count). The van der Waals surface area contributed by atoms with E-state index in [1.54, 1.807) is 0 Å². The summed E-state index contributed by atoms with van der Waals surface area (Å²) in [5.41, 5.74) is 2.77. The molecule has 0 radical (unpaired) electrons. The Kier molecular flexibility index (Phi) is 1.49. The first-order valence-electron chi connectivity index (χ1n) is 5.20. The van der Waals surface area contributed by atoms with Crippen molar-refractivity contribution < 1.29 is 4.79 Å². The Morgan fingerprint density at radius 3 is 2.86 bits per heavy atom. The third-order valence-electron chi connectivity index (χ3n) is 3.42. The molecule has 1 aliphatic heterocycles. The van der Waals surface area contributed by atoms with Crippen molar-refractivity contribution in [3.63, 3.8) is 0 Å². The Hall–Kier alpha value is -1.31. The summed E-state index contributed by atoms with van der Waals surface area (Å²) in [5.74, 6) is 0.196. The molecule has 1 N–H and O–H groups in total. The monoisotopic (exact) mass is 187 g/mol. The van der Waals surface area contributed by atoms with Crippen LogP contribution in [0.4, 0.5) is 0 Å². The van der Waals surface area contributed by atoms with E-state index in [1.165, 1.54) is 17.5 Å². The lowest BCUT2D eigenvalue weighted by atomic mass is 9.70. The van der Waals surface area contributed by atoms with E-state index in [-0.39, 0.29) is 11.4 Å². The zero-order chi connectivity index (χ0) is 9.60. The Morgan fingerprint density at radius 1 is 1.29 bits per heavy atom. The van der Waals surface area contributed by atoms with E-state index in [2.05, 4.69) is 29.6 Å². The number of benzene rings is 1. The number of aryl methyl sites for hydroxylation is 1. The highest BCUT2D eigenvalue weighted by atomic mass is 16.2. The summed E-state index contributed by atoms with van der Waals surface area (Å²) in [6, 6.07) is 8.49. The van der Waals surface area contributed by atoms with E-state index in [4.69, 9.17) is 0 Å². The van der Waals surface area contributed by atoms with Gasteiger partial charge in [-0.25, -0.2) is 0 Å². The second-order valence-corrected chi connectivity index (χ2v) is 4.32. The number of amides is 1. The summed E-state index contributed by atoms with van der Waals surface area (Å²) >= 11 is 0. The Bertz CT molecular complexity index is 389. The maximum absolute atomic E-state index is 11.1. The fourth-order valence-electron chi connectivity index (χ4n) is 2.76. The van der Waals surface area contributed by atoms with Gasteiger partial charge in [-0.1, -0.05) is 24.3 Å². The van der Waals surface area contributed by atoms with Crippen molar-refractivity contribution in [3.8, 4) is 0 Å². The van der Waals surface area contributed by atoms with Crippen LogP contribution in [0.2, 0.25) is 0 Å². The van der Waals surface area contributed by atoms with Crippen molar-refractivity contribution in [2.24, 2.45) is 0 Å². The van der Waals surface area contributed by atoms with Gasteiger partial charge < -0.3 is 5.32 Å². The summed E-state index contributed by atoms with van der Waals surface area (Å²) in [5, 5.41) is 3.08. The minimum absolute atomic E-state index is 0.00588. The molecule has 1 unspecified atom stereocenters. The van der Waals surface area contributed by atoms with Gasteiger partial charge in [-0.2, -0.15) is 0 Å². The maximum atomic E-state index is 11.1. The van der Waals surface area contributed by atoms with Crippen LogP contribution < -0.4 is 5.32 Å².